The van der Waals surface area contributed by atoms with Crippen LogP contribution in [0.4, 0.5) is 8.78 Å². The van der Waals surface area contributed by atoms with E-state index in [1.807, 2.05) is 0 Å². The summed E-state index contributed by atoms with van der Waals surface area (Å²) in [5.74, 6) is -1.50. The molecule has 0 N–H and O–H groups in total. The molecule has 0 aromatic heterocycles. The van der Waals surface area contributed by atoms with E-state index >= 15 is 0 Å². The molecule has 3 rings (SSSR count). The van der Waals surface area contributed by atoms with E-state index in [4.69, 9.17) is 9.47 Å². The first-order chi connectivity index (χ1) is 11.1. The van der Waals surface area contributed by atoms with Crippen LogP contribution in [0.5, 0.6) is 0 Å². The monoisotopic (exact) mass is 325 g/mol. The minimum Gasteiger partial charge on any atom is -0.381 e. The van der Waals surface area contributed by atoms with E-state index in [0.717, 1.165) is 0 Å². The third kappa shape index (κ3) is 2.97. The van der Waals surface area contributed by atoms with Gasteiger partial charge in [-0.15, -0.1) is 0 Å². The maximum absolute atomic E-state index is 13.9. The first-order valence-electron chi connectivity index (χ1n) is 7.93. The van der Waals surface area contributed by atoms with Crippen molar-refractivity contribution in [2.45, 2.75) is 30.8 Å². The van der Waals surface area contributed by atoms with Crippen molar-refractivity contribution in [1.29, 1.82) is 0 Å². The van der Waals surface area contributed by atoms with Gasteiger partial charge in [-0.1, -0.05) is 6.07 Å². The van der Waals surface area contributed by atoms with Crippen LogP contribution in [0.2, 0.25) is 0 Å². The molecular formula is C17H21F2NO3. The third-order valence-corrected chi connectivity index (χ3v) is 4.96. The number of methoxy groups -OCH3 is 1. The quantitative estimate of drug-likeness (QED) is 0.857. The first kappa shape index (κ1) is 16.3. The van der Waals surface area contributed by atoms with E-state index in [-0.39, 0.29) is 17.4 Å². The molecule has 126 valence electrons. The molecule has 2 aliphatic heterocycles. The molecule has 0 saturated carbocycles. The van der Waals surface area contributed by atoms with Crippen molar-refractivity contribution in [3.05, 3.63) is 35.4 Å². The van der Waals surface area contributed by atoms with Crippen molar-refractivity contribution in [2.24, 2.45) is 0 Å². The number of amides is 1. The van der Waals surface area contributed by atoms with E-state index in [1.165, 1.54) is 25.3 Å². The number of carbonyl (C=O) groups is 1. The number of likely N-dealkylation sites (tertiary alicyclic amines) is 1. The average molecular weight is 325 g/mol. The highest BCUT2D eigenvalue weighted by molar-refractivity contribution is 5.85. The molecule has 0 aliphatic carbocycles. The molecule has 1 unspecified atom stereocenters. The predicted molar refractivity (Wildman–Crippen MR) is 80.1 cm³/mol. The molecule has 2 heterocycles. The molecule has 0 bridgehead atoms. The highest BCUT2D eigenvalue weighted by Crippen LogP contribution is 2.34. The van der Waals surface area contributed by atoms with Crippen molar-refractivity contribution in [3.8, 4) is 0 Å². The lowest BCUT2D eigenvalue weighted by molar-refractivity contribution is -0.165. The van der Waals surface area contributed by atoms with E-state index in [0.29, 0.717) is 45.6 Å². The minimum absolute atomic E-state index is 0.0845. The number of benzene rings is 1. The number of halogens is 2. The normalized spacial score (nSPS) is 24.0. The minimum atomic E-state index is -0.860. The Morgan fingerprint density at radius 3 is 2.57 bits per heavy atom. The zero-order valence-electron chi connectivity index (χ0n) is 13.2. The fourth-order valence-electron chi connectivity index (χ4n) is 3.58. The molecule has 1 amide bonds. The lowest BCUT2D eigenvalue weighted by Gasteiger charge is -2.37. The molecule has 2 aliphatic rings. The van der Waals surface area contributed by atoms with Gasteiger partial charge in [-0.25, -0.2) is 8.78 Å². The highest BCUT2D eigenvalue weighted by Gasteiger charge is 2.45. The molecular weight excluding hydrogens is 304 g/mol. The Labute approximate surface area is 134 Å². The Balaban J connectivity index is 1.75. The van der Waals surface area contributed by atoms with E-state index < -0.39 is 17.2 Å². The smallest absolute Gasteiger partial charge is 0.255 e. The topological polar surface area (TPSA) is 38.8 Å². The van der Waals surface area contributed by atoms with E-state index in [2.05, 4.69) is 0 Å². The van der Waals surface area contributed by atoms with Gasteiger partial charge in [0.1, 0.15) is 11.6 Å². The summed E-state index contributed by atoms with van der Waals surface area (Å²) >= 11 is 0. The van der Waals surface area contributed by atoms with Gasteiger partial charge in [0.25, 0.3) is 5.91 Å². The van der Waals surface area contributed by atoms with Crippen molar-refractivity contribution < 1.29 is 23.0 Å². The van der Waals surface area contributed by atoms with Crippen LogP contribution in [0.15, 0.2) is 18.2 Å². The van der Waals surface area contributed by atoms with Crippen molar-refractivity contribution in [2.75, 3.05) is 33.4 Å². The molecule has 1 aromatic carbocycles. The maximum atomic E-state index is 13.9. The number of hydrogen-bond acceptors (Lipinski definition) is 3. The van der Waals surface area contributed by atoms with E-state index in [9.17, 15) is 13.6 Å². The SMILES string of the molecule is COC1(C(=O)N2CCC(c3c(F)cccc3F)C2)CCOCC1. The number of nitrogens with zero attached hydrogens (tertiary/aromatic N) is 1. The number of hydrogen-bond donors (Lipinski definition) is 0. The van der Waals surface area contributed by atoms with Gasteiger partial charge in [0.15, 0.2) is 5.60 Å². The lowest BCUT2D eigenvalue weighted by atomic mass is 9.92. The lowest BCUT2D eigenvalue weighted by Crippen LogP contribution is -2.52. The summed E-state index contributed by atoms with van der Waals surface area (Å²) in [4.78, 5) is 14.5. The number of ether oxygens (including phenoxy) is 2. The van der Waals surface area contributed by atoms with Crippen molar-refractivity contribution >= 4 is 5.91 Å². The summed E-state index contributed by atoms with van der Waals surface area (Å²) < 4.78 is 38.7. The van der Waals surface area contributed by atoms with Crippen LogP contribution in [0, 0.1) is 11.6 Å². The van der Waals surface area contributed by atoms with Gasteiger partial charge in [-0.3, -0.25) is 4.79 Å². The van der Waals surface area contributed by atoms with Gasteiger partial charge in [-0.2, -0.15) is 0 Å². The number of rotatable bonds is 3. The van der Waals surface area contributed by atoms with Crippen LogP contribution in [0.25, 0.3) is 0 Å². The zero-order valence-corrected chi connectivity index (χ0v) is 13.2. The van der Waals surface area contributed by atoms with Gasteiger partial charge in [0.2, 0.25) is 0 Å². The van der Waals surface area contributed by atoms with Gasteiger partial charge < -0.3 is 14.4 Å². The van der Waals surface area contributed by atoms with Gasteiger partial charge in [0, 0.05) is 57.7 Å². The van der Waals surface area contributed by atoms with Crippen LogP contribution in [0.1, 0.15) is 30.7 Å². The molecule has 4 nitrogen and oxygen atoms in total. The Kier molecular flexibility index (Phi) is 4.64. The molecule has 2 fully saturated rings. The predicted octanol–water partition coefficient (Wildman–Crippen LogP) is 2.48. The molecule has 0 radical (unpaired) electrons. The van der Waals surface area contributed by atoms with Gasteiger partial charge in [0.05, 0.1) is 0 Å². The average Bonchev–Trinajstić information content (AvgIpc) is 3.04. The molecule has 1 aromatic rings. The second-order valence-electron chi connectivity index (χ2n) is 6.18. The first-order valence-corrected chi connectivity index (χ1v) is 7.93. The van der Waals surface area contributed by atoms with Crippen LogP contribution in [-0.4, -0.2) is 49.8 Å². The second-order valence-corrected chi connectivity index (χ2v) is 6.18. The van der Waals surface area contributed by atoms with Crippen LogP contribution < -0.4 is 0 Å². The summed E-state index contributed by atoms with van der Waals surface area (Å²) in [5.41, 5.74) is -0.776. The summed E-state index contributed by atoms with van der Waals surface area (Å²) in [6.45, 7) is 1.78. The Hall–Kier alpha value is -1.53. The Morgan fingerprint density at radius 1 is 1.30 bits per heavy atom. The fourth-order valence-corrected chi connectivity index (χ4v) is 3.58. The summed E-state index contributed by atoms with van der Waals surface area (Å²) in [5, 5.41) is 0. The van der Waals surface area contributed by atoms with Crippen LogP contribution >= 0.6 is 0 Å². The zero-order chi connectivity index (χ0) is 16.4. The largest absolute Gasteiger partial charge is 0.381 e. The fraction of sp³-hybridized carbons (Fsp3) is 0.588. The van der Waals surface area contributed by atoms with E-state index in [1.54, 1.807) is 4.90 Å². The van der Waals surface area contributed by atoms with Crippen LogP contribution in [0.3, 0.4) is 0 Å². The molecule has 6 heteroatoms. The van der Waals surface area contributed by atoms with Gasteiger partial charge >= 0.3 is 0 Å². The molecule has 2 saturated heterocycles. The summed E-state index contributed by atoms with van der Waals surface area (Å²) in [7, 11) is 1.54. The second kappa shape index (κ2) is 6.53. The summed E-state index contributed by atoms with van der Waals surface area (Å²) in [6.07, 6.45) is 1.58. The Morgan fingerprint density at radius 2 is 1.96 bits per heavy atom. The molecule has 1 atom stereocenters. The number of carbonyl (C=O) groups excluding carboxylic acids is 1. The Bertz CT molecular complexity index is 567. The summed E-state index contributed by atoms with van der Waals surface area (Å²) in [6, 6.07) is 3.88. The standard InChI is InChI=1S/C17H21F2NO3/c1-22-17(6-9-23-10-7-17)16(21)20-8-5-12(11-20)15-13(18)3-2-4-14(15)19/h2-4,12H,5-11H2,1H3. The third-order valence-electron chi connectivity index (χ3n) is 4.96. The maximum Gasteiger partial charge on any atom is 0.255 e. The van der Waals surface area contributed by atoms with Crippen molar-refractivity contribution in [3.63, 3.8) is 0 Å². The molecule has 0 spiro atoms. The van der Waals surface area contributed by atoms with Crippen molar-refractivity contribution in [1.82, 2.24) is 4.90 Å². The van der Waals surface area contributed by atoms with Crippen LogP contribution in [-0.2, 0) is 14.3 Å². The molecule has 23 heavy (non-hydrogen) atoms. The highest BCUT2D eigenvalue weighted by atomic mass is 19.1. The van der Waals surface area contributed by atoms with Gasteiger partial charge in [-0.05, 0) is 18.6 Å².